The maximum absolute atomic E-state index is 5.28. The van der Waals surface area contributed by atoms with Gasteiger partial charge in [-0.05, 0) is 36.8 Å². The fourth-order valence-electron chi connectivity index (χ4n) is 1.48. The van der Waals surface area contributed by atoms with E-state index in [0.717, 1.165) is 22.7 Å². The fraction of sp³-hybridized carbons (Fsp3) is 0.143. The number of ether oxygens (including phenoxy) is 1. The van der Waals surface area contributed by atoms with Gasteiger partial charge in [-0.15, -0.1) is 0 Å². The minimum absolute atomic E-state index is 0.775. The SMILES string of the molecule is COc1cc(C)ccc1/N=C/c1ccccn1. The quantitative estimate of drug-likeness (QED) is 0.753. The summed E-state index contributed by atoms with van der Waals surface area (Å²) in [5.41, 5.74) is 2.79. The molecular formula is C14H14N2O. The molecule has 3 nitrogen and oxygen atoms in total. The van der Waals surface area contributed by atoms with Gasteiger partial charge in [0, 0.05) is 6.20 Å². The third-order valence-electron chi connectivity index (χ3n) is 2.36. The number of pyridine rings is 1. The Morgan fingerprint density at radius 3 is 2.82 bits per heavy atom. The van der Waals surface area contributed by atoms with Crippen LogP contribution in [0.1, 0.15) is 11.3 Å². The molecule has 0 radical (unpaired) electrons. The van der Waals surface area contributed by atoms with Crippen molar-refractivity contribution in [3.8, 4) is 5.75 Å². The van der Waals surface area contributed by atoms with Crippen LogP contribution in [0.4, 0.5) is 5.69 Å². The number of hydrogen-bond acceptors (Lipinski definition) is 3. The molecule has 2 aromatic rings. The summed E-state index contributed by atoms with van der Waals surface area (Å²) in [5, 5.41) is 0. The van der Waals surface area contributed by atoms with Crippen molar-refractivity contribution in [2.45, 2.75) is 6.92 Å². The summed E-state index contributed by atoms with van der Waals surface area (Å²) in [6.07, 6.45) is 3.47. The van der Waals surface area contributed by atoms with Gasteiger partial charge >= 0.3 is 0 Å². The Bertz CT molecular complexity index is 521. The molecule has 0 fully saturated rings. The number of methoxy groups -OCH3 is 1. The number of nitrogens with zero attached hydrogens (tertiary/aromatic N) is 2. The zero-order chi connectivity index (χ0) is 12.1. The highest BCUT2D eigenvalue weighted by Crippen LogP contribution is 2.27. The fourth-order valence-corrected chi connectivity index (χ4v) is 1.48. The molecule has 2 rings (SSSR count). The Hall–Kier alpha value is -2.16. The van der Waals surface area contributed by atoms with Crippen molar-refractivity contribution in [1.82, 2.24) is 4.98 Å². The summed E-state index contributed by atoms with van der Waals surface area (Å²) in [7, 11) is 1.65. The molecule has 0 saturated heterocycles. The number of aromatic nitrogens is 1. The van der Waals surface area contributed by atoms with Gasteiger partial charge in [-0.2, -0.15) is 0 Å². The minimum Gasteiger partial charge on any atom is -0.494 e. The second kappa shape index (κ2) is 5.25. The summed E-state index contributed by atoms with van der Waals surface area (Å²) in [4.78, 5) is 8.55. The summed E-state index contributed by atoms with van der Waals surface area (Å²) in [6, 6.07) is 11.6. The van der Waals surface area contributed by atoms with Gasteiger partial charge in [0.1, 0.15) is 11.4 Å². The van der Waals surface area contributed by atoms with Gasteiger partial charge in [-0.1, -0.05) is 12.1 Å². The van der Waals surface area contributed by atoms with E-state index in [4.69, 9.17) is 4.74 Å². The minimum atomic E-state index is 0.775. The van der Waals surface area contributed by atoms with Crippen molar-refractivity contribution < 1.29 is 4.74 Å². The lowest BCUT2D eigenvalue weighted by atomic mass is 10.2. The number of aryl methyl sites for hydroxylation is 1. The highest BCUT2D eigenvalue weighted by Gasteiger charge is 2.00. The molecule has 0 N–H and O–H groups in total. The Balaban J connectivity index is 2.27. The van der Waals surface area contributed by atoms with Crippen LogP contribution in [0.5, 0.6) is 5.75 Å². The summed E-state index contributed by atoms with van der Waals surface area (Å²) < 4.78 is 5.28. The molecule has 0 unspecified atom stereocenters. The van der Waals surface area contributed by atoms with Gasteiger partial charge in [0.05, 0.1) is 19.0 Å². The smallest absolute Gasteiger partial charge is 0.144 e. The number of benzene rings is 1. The lowest BCUT2D eigenvalue weighted by molar-refractivity contribution is 0.416. The second-order valence-electron chi connectivity index (χ2n) is 3.69. The zero-order valence-electron chi connectivity index (χ0n) is 9.92. The van der Waals surface area contributed by atoms with E-state index in [1.54, 1.807) is 19.5 Å². The Labute approximate surface area is 101 Å². The van der Waals surface area contributed by atoms with Crippen LogP contribution < -0.4 is 4.74 Å². The van der Waals surface area contributed by atoms with Crippen LogP contribution in [-0.2, 0) is 0 Å². The maximum Gasteiger partial charge on any atom is 0.144 e. The monoisotopic (exact) mass is 226 g/mol. The maximum atomic E-state index is 5.28. The Morgan fingerprint density at radius 2 is 2.12 bits per heavy atom. The predicted octanol–water partition coefficient (Wildman–Crippen LogP) is 3.15. The second-order valence-corrected chi connectivity index (χ2v) is 3.69. The number of hydrogen-bond donors (Lipinski definition) is 0. The molecule has 1 heterocycles. The predicted molar refractivity (Wildman–Crippen MR) is 69.2 cm³/mol. The van der Waals surface area contributed by atoms with Gasteiger partial charge in [0.15, 0.2) is 0 Å². The first-order chi connectivity index (χ1) is 8.29. The van der Waals surface area contributed by atoms with Gasteiger partial charge in [-0.25, -0.2) is 0 Å². The van der Waals surface area contributed by atoms with Gasteiger partial charge < -0.3 is 4.74 Å². The van der Waals surface area contributed by atoms with Crippen molar-refractivity contribution in [1.29, 1.82) is 0 Å². The Morgan fingerprint density at radius 1 is 1.24 bits per heavy atom. The van der Waals surface area contributed by atoms with E-state index in [1.807, 2.05) is 43.3 Å². The third-order valence-corrected chi connectivity index (χ3v) is 2.36. The normalized spacial score (nSPS) is 10.7. The first kappa shape index (κ1) is 11.3. The molecule has 1 aromatic carbocycles. The molecule has 1 aromatic heterocycles. The van der Waals surface area contributed by atoms with Crippen LogP contribution in [0.3, 0.4) is 0 Å². The van der Waals surface area contributed by atoms with Gasteiger partial charge in [0.2, 0.25) is 0 Å². The molecule has 3 heteroatoms. The lowest BCUT2D eigenvalue weighted by Gasteiger charge is -2.04. The van der Waals surface area contributed by atoms with Gasteiger partial charge in [0.25, 0.3) is 0 Å². The molecule has 0 aliphatic heterocycles. The van der Waals surface area contributed by atoms with Crippen LogP contribution in [0, 0.1) is 6.92 Å². The molecule has 0 atom stereocenters. The van der Waals surface area contributed by atoms with E-state index in [2.05, 4.69) is 9.98 Å². The van der Waals surface area contributed by atoms with Crippen LogP contribution in [-0.4, -0.2) is 18.3 Å². The van der Waals surface area contributed by atoms with Gasteiger partial charge in [-0.3, -0.25) is 9.98 Å². The third kappa shape index (κ3) is 2.91. The molecule has 0 saturated carbocycles. The van der Waals surface area contributed by atoms with E-state index in [0.29, 0.717) is 0 Å². The molecule has 0 aliphatic rings. The van der Waals surface area contributed by atoms with Crippen molar-refractivity contribution >= 4 is 11.9 Å². The number of rotatable bonds is 3. The van der Waals surface area contributed by atoms with Crippen molar-refractivity contribution in [2.24, 2.45) is 4.99 Å². The first-order valence-electron chi connectivity index (χ1n) is 5.39. The highest BCUT2D eigenvalue weighted by atomic mass is 16.5. The largest absolute Gasteiger partial charge is 0.494 e. The summed E-state index contributed by atoms with van der Waals surface area (Å²) in [6.45, 7) is 2.02. The molecule has 0 bridgehead atoms. The highest BCUT2D eigenvalue weighted by molar-refractivity contribution is 5.80. The zero-order valence-corrected chi connectivity index (χ0v) is 9.92. The van der Waals surface area contributed by atoms with E-state index in [1.165, 1.54) is 0 Å². The molecule has 0 aliphatic carbocycles. The average molecular weight is 226 g/mol. The molecule has 17 heavy (non-hydrogen) atoms. The standard InChI is InChI=1S/C14H14N2O/c1-11-6-7-13(14(9-11)17-2)16-10-12-5-3-4-8-15-12/h3-10H,1-2H3/b16-10+. The molecular weight excluding hydrogens is 212 g/mol. The van der Waals surface area contributed by atoms with E-state index in [9.17, 15) is 0 Å². The van der Waals surface area contributed by atoms with Crippen molar-refractivity contribution in [3.63, 3.8) is 0 Å². The Kier molecular flexibility index (Phi) is 3.50. The van der Waals surface area contributed by atoms with E-state index < -0.39 is 0 Å². The van der Waals surface area contributed by atoms with Crippen LogP contribution >= 0.6 is 0 Å². The van der Waals surface area contributed by atoms with E-state index >= 15 is 0 Å². The van der Waals surface area contributed by atoms with E-state index in [-0.39, 0.29) is 0 Å². The van der Waals surface area contributed by atoms with Crippen LogP contribution in [0.2, 0.25) is 0 Å². The summed E-state index contributed by atoms with van der Waals surface area (Å²) >= 11 is 0. The topological polar surface area (TPSA) is 34.5 Å². The van der Waals surface area contributed by atoms with Crippen LogP contribution in [0.25, 0.3) is 0 Å². The first-order valence-corrected chi connectivity index (χ1v) is 5.39. The lowest BCUT2D eigenvalue weighted by Crippen LogP contribution is -1.87. The molecule has 0 spiro atoms. The summed E-state index contributed by atoms with van der Waals surface area (Å²) in [5.74, 6) is 0.775. The molecule has 0 amide bonds. The number of aliphatic imine (C=N–C) groups is 1. The van der Waals surface area contributed by atoms with Crippen molar-refractivity contribution in [2.75, 3.05) is 7.11 Å². The molecule has 86 valence electrons. The van der Waals surface area contributed by atoms with Crippen molar-refractivity contribution in [3.05, 3.63) is 53.9 Å². The van der Waals surface area contributed by atoms with Crippen LogP contribution in [0.15, 0.2) is 47.6 Å². The average Bonchev–Trinajstić information content (AvgIpc) is 2.38.